The van der Waals surface area contributed by atoms with Gasteiger partial charge in [0.1, 0.15) is 15.9 Å². The van der Waals surface area contributed by atoms with Crippen molar-refractivity contribution in [2.45, 2.75) is 13.8 Å². The standard InChI is InChI=1S/C9H11ClN2S/c1-3-12(4-2)9-8(10)5-7(6-11)13-9/h5H,3-4H2,1-2H3. The van der Waals surface area contributed by atoms with Crippen molar-refractivity contribution >= 4 is 27.9 Å². The average molecular weight is 215 g/mol. The molecular weight excluding hydrogens is 204 g/mol. The number of anilines is 1. The van der Waals surface area contributed by atoms with Crippen LogP contribution in [0.15, 0.2) is 6.07 Å². The van der Waals surface area contributed by atoms with Gasteiger partial charge in [0.15, 0.2) is 0 Å². The van der Waals surface area contributed by atoms with Crippen LogP contribution in [0, 0.1) is 11.3 Å². The molecule has 1 heterocycles. The van der Waals surface area contributed by atoms with E-state index in [1.807, 2.05) is 0 Å². The lowest BCUT2D eigenvalue weighted by Gasteiger charge is -2.18. The third-order valence-corrected chi connectivity index (χ3v) is 3.33. The molecule has 1 aromatic rings. The maximum Gasteiger partial charge on any atom is 0.111 e. The van der Waals surface area contributed by atoms with Crippen LogP contribution in [0.1, 0.15) is 18.7 Å². The molecule has 0 bridgehead atoms. The highest BCUT2D eigenvalue weighted by atomic mass is 35.5. The second kappa shape index (κ2) is 4.50. The molecule has 0 saturated carbocycles. The van der Waals surface area contributed by atoms with Crippen LogP contribution >= 0.6 is 22.9 Å². The summed E-state index contributed by atoms with van der Waals surface area (Å²) in [6.45, 7) is 5.99. The Morgan fingerprint density at radius 1 is 1.54 bits per heavy atom. The summed E-state index contributed by atoms with van der Waals surface area (Å²) in [5, 5.41) is 10.4. The first-order valence-electron chi connectivity index (χ1n) is 4.17. The zero-order valence-electron chi connectivity index (χ0n) is 7.67. The summed E-state index contributed by atoms with van der Waals surface area (Å²) in [5.74, 6) is 0. The fourth-order valence-electron chi connectivity index (χ4n) is 1.14. The van der Waals surface area contributed by atoms with Gasteiger partial charge in [0.2, 0.25) is 0 Å². The lowest BCUT2D eigenvalue weighted by atomic mass is 10.4. The third-order valence-electron chi connectivity index (χ3n) is 1.83. The first-order valence-corrected chi connectivity index (χ1v) is 5.36. The van der Waals surface area contributed by atoms with E-state index in [2.05, 4.69) is 24.8 Å². The van der Waals surface area contributed by atoms with Crippen molar-refractivity contribution < 1.29 is 0 Å². The lowest BCUT2D eigenvalue weighted by Crippen LogP contribution is -2.20. The second-order valence-electron chi connectivity index (χ2n) is 2.55. The molecule has 0 aliphatic carbocycles. The molecule has 0 saturated heterocycles. The van der Waals surface area contributed by atoms with Gasteiger partial charge in [-0.05, 0) is 19.9 Å². The Kier molecular flexibility index (Phi) is 3.58. The minimum atomic E-state index is 0.673. The van der Waals surface area contributed by atoms with Gasteiger partial charge < -0.3 is 4.90 Å². The third kappa shape index (κ3) is 2.15. The predicted octanol–water partition coefficient (Wildman–Crippen LogP) is 3.12. The lowest BCUT2D eigenvalue weighted by molar-refractivity contribution is 0.876. The van der Waals surface area contributed by atoms with Gasteiger partial charge >= 0.3 is 0 Å². The van der Waals surface area contributed by atoms with E-state index in [0.717, 1.165) is 18.1 Å². The molecule has 2 nitrogen and oxygen atoms in total. The van der Waals surface area contributed by atoms with E-state index in [1.165, 1.54) is 11.3 Å². The summed E-state index contributed by atoms with van der Waals surface area (Å²) in [5.41, 5.74) is 0. The molecule has 0 aliphatic heterocycles. The molecule has 0 aromatic carbocycles. The Hall–Kier alpha value is -0.720. The monoisotopic (exact) mass is 214 g/mol. The number of thiophene rings is 1. The van der Waals surface area contributed by atoms with Crippen molar-refractivity contribution in [2.24, 2.45) is 0 Å². The molecular formula is C9H11ClN2S. The smallest absolute Gasteiger partial charge is 0.111 e. The van der Waals surface area contributed by atoms with E-state index < -0.39 is 0 Å². The van der Waals surface area contributed by atoms with E-state index in [4.69, 9.17) is 16.9 Å². The van der Waals surface area contributed by atoms with Crippen LogP contribution < -0.4 is 4.90 Å². The van der Waals surface area contributed by atoms with Crippen molar-refractivity contribution in [1.82, 2.24) is 0 Å². The molecule has 70 valence electrons. The van der Waals surface area contributed by atoms with E-state index >= 15 is 0 Å². The van der Waals surface area contributed by atoms with Crippen molar-refractivity contribution in [3.05, 3.63) is 16.0 Å². The van der Waals surface area contributed by atoms with Gasteiger partial charge in [-0.2, -0.15) is 5.26 Å². The fraction of sp³-hybridized carbons (Fsp3) is 0.444. The number of rotatable bonds is 3. The first-order chi connectivity index (χ1) is 6.22. The van der Waals surface area contributed by atoms with Crippen LogP contribution in [0.4, 0.5) is 5.00 Å². The van der Waals surface area contributed by atoms with Crippen LogP contribution in [-0.2, 0) is 0 Å². The molecule has 0 atom stereocenters. The SMILES string of the molecule is CCN(CC)c1sc(C#N)cc1Cl. The molecule has 0 spiro atoms. The summed E-state index contributed by atoms with van der Waals surface area (Å²) >= 11 is 7.44. The summed E-state index contributed by atoms with van der Waals surface area (Å²) in [6.07, 6.45) is 0. The van der Waals surface area contributed by atoms with Crippen LogP contribution in [0.2, 0.25) is 5.02 Å². The molecule has 0 N–H and O–H groups in total. The Bertz CT molecular complexity index is 323. The zero-order chi connectivity index (χ0) is 9.84. The number of nitriles is 1. The average Bonchev–Trinajstić information content (AvgIpc) is 2.50. The van der Waals surface area contributed by atoms with Gasteiger partial charge in [0.25, 0.3) is 0 Å². The molecule has 13 heavy (non-hydrogen) atoms. The summed E-state index contributed by atoms with van der Waals surface area (Å²) in [6, 6.07) is 3.82. The normalized spacial score (nSPS) is 9.69. The molecule has 0 unspecified atom stereocenters. The molecule has 1 rings (SSSR count). The molecule has 0 amide bonds. The topological polar surface area (TPSA) is 27.0 Å². The van der Waals surface area contributed by atoms with Crippen molar-refractivity contribution in [3.8, 4) is 6.07 Å². The summed E-state index contributed by atoms with van der Waals surface area (Å²) in [7, 11) is 0. The minimum Gasteiger partial charge on any atom is -0.363 e. The van der Waals surface area contributed by atoms with Crippen LogP contribution in [0.3, 0.4) is 0 Å². The number of nitrogens with zero attached hydrogens (tertiary/aromatic N) is 2. The highest BCUT2D eigenvalue weighted by molar-refractivity contribution is 7.17. The van der Waals surface area contributed by atoms with Gasteiger partial charge in [-0.1, -0.05) is 11.6 Å². The van der Waals surface area contributed by atoms with Gasteiger partial charge in [0.05, 0.1) is 5.02 Å². The van der Waals surface area contributed by atoms with Gasteiger partial charge in [-0.15, -0.1) is 11.3 Å². The number of hydrogen-bond donors (Lipinski definition) is 0. The quantitative estimate of drug-likeness (QED) is 0.773. The van der Waals surface area contributed by atoms with Crippen molar-refractivity contribution in [3.63, 3.8) is 0 Å². The molecule has 0 fully saturated rings. The van der Waals surface area contributed by atoms with Gasteiger partial charge in [0, 0.05) is 13.1 Å². The number of hydrogen-bond acceptors (Lipinski definition) is 3. The number of halogens is 1. The molecule has 1 aromatic heterocycles. The van der Waals surface area contributed by atoms with Crippen LogP contribution in [0.5, 0.6) is 0 Å². The maximum atomic E-state index is 8.69. The Balaban J connectivity index is 3.00. The fourth-order valence-corrected chi connectivity index (χ4v) is 2.52. The largest absolute Gasteiger partial charge is 0.363 e. The van der Waals surface area contributed by atoms with Crippen molar-refractivity contribution in [2.75, 3.05) is 18.0 Å². The summed E-state index contributed by atoms with van der Waals surface area (Å²) in [4.78, 5) is 2.82. The van der Waals surface area contributed by atoms with Crippen molar-refractivity contribution in [1.29, 1.82) is 5.26 Å². The van der Waals surface area contributed by atoms with Crippen LogP contribution in [0.25, 0.3) is 0 Å². The predicted molar refractivity (Wildman–Crippen MR) is 57.6 cm³/mol. The zero-order valence-corrected chi connectivity index (χ0v) is 9.24. The second-order valence-corrected chi connectivity index (χ2v) is 3.99. The maximum absolute atomic E-state index is 8.69. The Labute approximate surface area is 87.4 Å². The Morgan fingerprint density at radius 3 is 2.54 bits per heavy atom. The van der Waals surface area contributed by atoms with E-state index in [-0.39, 0.29) is 0 Å². The van der Waals surface area contributed by atoms with E-state index in [0.29, 0.717) is 9.90 Å². The van der Waals surface area contributed by atoms with Gasteiger partial charge in [-0.3, -0.25) is 0 Å². The van der Waals surface area contributed by atoms with E-state index in [9.17, 15) is 0 Å². The van der Waals surface area contributed by atoms with Gasteiger partial charge in [-0.25, -0.2) is 0 Å². The minimum absolute atomic E-state index is 0.673. The summed E-state index contributed by atoms with van der Waals surface area (Å²) < 4.78 is 0. The van der Waals surface area contributed by atoms with Crippen LogP contribution in [-0.4, -0.2) is 13.1 Å². The van der Waals surface area contributed by atoms with E-state index in [1.54, 1.807) is 6.07 Å². The Morgan fingerprint density at radius 2 is 2.15 bits per heavy atom. The highest BCUT2D eigenvalue weighted by Gasteiger charge is 2.11. The highest BCUT2D eigenvalue weighted by Crippen LogP contribution is 2.34. The molecule has 0 aliphatic rings. The molecule has 0 radical (unpaired) electrons. The molecule has 4 heteroatoms. The first kappa shape index (κ1) is 10.4.